The van der Waals surface area contributed by atoms with Crippen molar-refractivity contribution in [1.29, 1.82) is 0 Å². The largest absolute Gasteiger partial charge is 0.516 e. The fourth-order valence-electron chi connectivity index (χ4n) is 0.934. The summed E-state index contributed by atoms with van der Waals surface area (Å²) in [5.41, 5.74) is -0.624. The quantitative estimate of drug-likeness (QED) is 0.411. The van der Waals surface area contributed by atoms with Gasteiger partial charge < -0.3 is 9.47 Å². The number of hydrogen-bond acceptors (Lipinski definition) is 4. The molecule has 0 N–H and O–H groups in total. The highest BCUT2D eigenvalue weighted by atomic mass is 16.7. The van der Waals surface area contributed by atoms with Crippen molar-refractivity contribution in [2.45, 2.75) is 59.0 Å². The van der Waals surface area contributed by atoms with E-state index >= 15 is 0 Å². The molecule has 0 bridgehead atoms. The zero-order valence-corrected chi connectivity index (χ0v) is 9.96. The van der Waals surface area contributed by atoms with Crippen LogP contribution in [0.5, 0.6) is 0 Å². The molecular weight excluding hydrogens is 196 g/mol. The van der Waals surface area contributed by atoms with Crippen LogP contribution in [0.2, 0.25) is 0 Å². The van der Waals surface area contributed by atoms with Crippen molar-refractivity contribution in [2.75, 3.05) is 0 Å². The molecule has 0 amide bonds. The number of carbonyl (C=O) groups excluding carboxylic acids is 2. The molecule has 4 heteroatoms. The normalized spacial score (nSPS) is 10.9. The van der Waals surface area contributed by atoms with Crippen molar-refractivity contribution in [3.8, 4) is 0 Å². The first kappa shape index (κ1) is 13.9. The topological polar surface area (TPSA) is 52.6 Å². The van der Waals surface area contributed by atoms with Gasteiger partial charge in [-0.1, -0.05) is 19.8 Å². The number of rotatable bonds is 4. The van der Waals surface area contributed by atoms with Crippen molar-refractivity contribution in [3.05, 3.63) is 0 Å². The molecule has 88 valence electrons. The van der Waals surface area contributed by atoms with Gasteiger partial charge in [0.2, 0.25) is 0 Å². The van der Waals surface area contributed by atoms with Crippen molar-refractivity contribution >= 4 is 12.1 Å². The first-order valence-electron chi connectivity index (χ1n) is 5.29. The van der Waals surface area contributed by atoms with E-state index in [4.69, 9.17) is 4.74 Å². The molecule has 0 unspecified atom stereocenters. The number of carbonyl (C=O) groups is 2. The van der Waals surface area contributed by atoms with E-state index in [9.17, 15) is 9.59 Å². The van der Waals surface area contributed by atoms with Gasteiger partial charge in [0.1, 0.15) is 5.60 Å². The van der Waals surface area contributed by atoms with Crippen LogP contribution >= 0.6 is 0 Å². The molecule has 0 aromatic rings. The molecule has 0 rings (SSSR count). The second kappa shape index (κ2) is 6.43. The Hall–Kier alpha value is -1.06. The highest BCUT2D eigenvalue weighted by molar-refractivity contribution is 5.81. The van der Waals surface area contributed by atoms with Gasteiger partial charge >= 0.3 is 12.1 Å². The van der Waals surface area contributed by atoms with Crippen molar-refractivity contribution in [1.82, 2.24) is 0 Å². The smallest absolute Gasteiger partial charge is 0.428 e. The zero-order chi connectivity index (χ0) is 11.9. The predicted molar refractivity (Wildman–Crippen MR) is 56.5 cm³/mol. The summed E-state index contributed by atoms with van der Waals surface area (Å²) in [7, 11) is 0. The minimum Gasteiger partial charge on any atom is -0.428 e. The molecule has 0 heterocycles. The lowest BCUT2D eigenvalue weighted by atomic mass is 10.2. The maximum atomic E-state index is 11.1. The Morgan fingerprint density at radius 1 is 1.13 bits per heavy atom. The summed E-state index contributed by atoms with van der Waals surface area (Å²) in [6, 6.07) is 0. The van der Waals surface area contributed by atoms with Crippen molar-refractivity contribution in [2.24, 2.45) is 0 Å². The predicted octanol–water partition coefficient (Wildman–Crippen LogP) is 3.05. The summed E-state index contributed by atoms with van der Waals surface area (Å²) in [6.45, 7) is 7.20. The maximum Gasteiger partial charge on any atom is 0.516 e. The summed E-state index contributed by atoms with van der Waals surface area (Å²) in [5.74, 6) is -0.516. The summed E-state index contributed by atoms with van der Waals surface area (Å²) in [4.78, 5) is 22.1. The Morgan fingerprint density at radius 2 is 1.73 bits per heavy atom. The van der Waals surface area contributed by atoms with Crippen molar-refractivity contribution < 1.29 is 19.1 Å². The van der Waals surface area contributed by atoms with E-state index in [2.05, 4.69) is 4.74 Å². The third-order valence-corrected chi connectivity index (χ3v) is 1.57. The Bertz CT molecular complexity index is 215. The minimum atomic E-state index is -0.913. The van der Waals surface area contributed by atoms with E-state index in [-0.39, 0.29) is 6.42 Å². The second-order valence-corrected chi connectivity index (χ2v) is 4.40. The standard InChI is InChI=1S/C11H20O4/c1-5-6-7-8-9(12)14-10(13)15-11(2,3)4/h5-8H2,1-4H3. The van der Waals surface area contributed by atoms with E-state index in [1.165, 1.54) is 0 Å². The SMILES string of the molecule is CCCCCC(=O)OC(=O)OC(C)(C)C. The molecule has 0 aliphatic heterocycles. The lowest BCUT2D eigenvalue weighted by molar-refractivity contribution is -0.141. The van der Waals surface area contributed by atoms with Crippen LogP contribution in [-0.4, -0.2) is 17.7 Å². The van der Waals surface area contributed by atoms with E-state index in [0.717, 1.165) is 19.3 Å². The maximum absolute atomic E-state index is 11.1. The summed E-state index contributed by atoms with van der Waals surface area (Å²) in [6.07, 6.45) is 2.10. The van der Waals surface area contributed by atoms with E-state index in [0.29, 0.717) is 0 Å². The summed E-state index contributed by atoms with van der Waals surface area (Å²) >= 11 is 0. The molecule has 0 radical (unpaired) electrons. The van der Waals surface area contributed by atoms with Gasteiger partial charge in [-0.25, -0.2) is 4.79 Å². The minimum absolute atomic E-state index is 0.271. The highest BCUT2D eigenvalue weighted by Gasteiger charge is 2.19. The molecule has 0 saturated carbocycles. The van der Waals surface area contributed by atoms with Gasteiger partial charge in [0.15, 0.2) is 0 Å². The third-order valence-electron chi connectivity index (χ3n) is 1.57. The molecule has 0 atom stereocenters. The number of unbranched alkanes of at least 4 members (excludes halogenated alkanes) is 2. The lowest BCUT2D eigenvalue weighted by Crippen LogP contribution is -2.26. The average Bonchev–Trinajstić information content (AvgIpc) is 2.00. The van der Waals surface area contributed by atoms with Crippen LogP contribution in [0.15, 0.2) is 0 Å². The first-order chi connectivity index (χ1) is 6.85. The molecular formula is C11H20O4. The zero-order valence-electron chi connectivity index (χ0n) is 9.96. The number of esters is 1. The average molecular weight is 216 g/mol. The van der Waals surface area contributed by atoms with Crippen molar-refractivity contribution in [3.63, 3.8) is 0 Å². The molecule has 15 heavy (non-hydrogen) atoms. The van der Waals surface area contributed by atoms with E-state index in [1.807, 2.05) is 6.92 Å². The molecule has 0 spiro atoms. The van der Waals surface area contributed by atoms with Crippen LogP contribution < -0.4 is 0 Å². The molecule has 0 aliphatic rings. The third kappa shape index (κ3) is 9.25. The number of ether oxygens (including phenoxy) is 2. The molecule has 4 nitrogen and oxygen atoms in total. The van der Waals surface area contributed by atoms with Gasteiger partial charge in [-0.15, -0.1) is 0 Å². The van der Waals surface area contributed by atoms with Gasteiger partial charge in [-0.3, -0.25) is 4.79 Å². The molecule has 0 aliphatic carbocycles. The van der Waals surface area contributed by atoms with Gasteiger partial charge in [-0.05, 0) is 27.2 Å². The Morgan fingerprint density at radius 3 is 2.20 bits per heavy atom. The molecule has 0 saturated heterocycles. The van der Waals surface area contributed by atoms with Crippen LogP contribution in [0.4, 0.5) is 4.79 Å². The van der Waals surface area contributed by atoms with Crippen LogP contribution in [0.1, 0.15) is 53.4 Å². The molecule has 0 aromatic heterocycles. The van der Waals surface area contributed by atoms with E-state index < -0.39 is 17.7 Å². The van der Waals surface area contributed by atoms with Crippen LogP contribution in [0.3, 0.4) is 0 Å². The summed E-state index contributed by atoms with van der Waals surface area (Å²) < 4.78 is 9.31. The molecule has 0 fully saturated rings. The monoisotopic (exact) mass is 216 g/mol. The van der Waals surface area contributed by atoms with Crippen LogP contribution in [-0.2, 0) is 14.3 Å². The van der Waals surface area contributed by atoms with Gasteiger partial charge in [0.05, 0.1) is 0 Å². The lowest BCUT2D eigenvalue weighted by Gasteiger charge is -2.18. The fourth-order valence-corrected chi connectivity index (χ4v) is 0.934. The van der Waals surface area contributed by atoms with Crippen LogP contribution in [0.25, 0.3) is 0 Å². The first-order valence-corrected chi connectivity index (χ1v) is 5.29. The molecule has 0 aromatic carbocycles. The second-order valence-electron chi connectivity index (χ2n) is 4.40. The summed E-state index contributed by atoms with van der Waals surface area (Å²) in [5, 5.41) is 0. The Balaban J connectivity index is 3.72. The van der Waals surface area contributed by atoms with Gasteiger partial charge in [0, 0.05) is 6.42 Å². The Labute approximate surface area is 90.9 Å². The Kier molecular flexibility index (Phi) is 5.97. The van der Waals surface area contributed by atoms with E-state index in [1.54, 1.807) is 20.8 Å². The number of hydrogen-bond donors (Lipinski definition) is 0. The van der Waals surface area contributed by atoms with Crippen LogP contribution in [0, 0.1) is 0 Å². The van der Waals surface area contributed by atoms with Gasteiger partial charge in [0.25, 0.3) is 0 Å². The fraction of sp³-hybridized carbons (Fsp3) is 0.818. The van der Waals surface area contributed by atoms with Gasteiger partial charge in [-0.2, -0.15) is 0 Å². The highest BCUT2D eigenvalue weighted by Crippen LogP contribution is 2.09.